The number of nitrogens with zero attached hydrogens (tertiary/aromatic N) is 7. The van der Waals surface area contributed by atoms with Crippen LogP contribution in [-0.4, -0.2) is 173 Å². The van der Waals surface area contributed by atoms with Gasteiger partial charge in [-0.3, -0.25) is 38.6 Å². The zero-order chi connectivity index (χ0) is 50.3. The van der Waals surface area contributed by atoms with E-state index in [0.29, 0.717) is 98.7 Å². The number of alkyl halides is 2. The number of carbonyl (C=O) groups is 5. The molecule has 0 bridgehead atoms. The monoisotopic (exact) mass is 994 g/mol. The second-order valence-electron chi connectivity index (χ2n) is 20.5. The maximum absolute atomic E-state index is 15.1. The lowest BCUT2D eigenvalue weighted by molar-refractivity contribution is -0.144. The molecular formula is C54H66F3N9O6. The first-order valence-electron chi connectivity index (χ1n) is 25.9. The number of hydrogen-bond donors (Lipinski definition) is 2. The van der Waals surface area contributed by atoms with Crippen molar-refractivity contribution in [3.05, 3.63) is 111 Å². The number of H-pyrrole nitrogens is 1. The third kappa shape index (κ3) is 12.0. The van der Waals surface area contributed by atoms with Crippen LogP contribution in [0.4, 0.5) is 13.2 Å². The fourth-order valence-corrected chi connectivity index (χ4v) is 11.6. The predicted molar refractivity (Wildman–Crippen MR) is 265 cm³/mol. The van der Waals surface area contributed by atoms with Gasteiger partial charge >= 0.3 is 6.43 Å². The van der Waals surface area contributed by atoms with Crippen LogP contribution >= 0.6 is 0 Å². The van der Waals surface area contributed by atoms with Gasteiger partial charge in [0, 0.05) is 95.3 Å². The Hall–Kier alpha value is -6.14. The van der Waals surface area contributed by atoms with Gasteiger partial charge in [0.25, 0.3) is 23.3 Å². The Morgan fingerprint density at radius 3 is 2.12 bits per heavy atom. The van der Waals surface area contributed by atoms with E-state index < -0.39 is 30.1 Å². The lowest BCUT2D eigenvalue weighted by Crippen LogP contribution is -2.57. The average Bonchev–Trinajstić information content (AvgIpc) is 3.42. The van der Waals surface area contributed by atoms with Gasteiger partial charge in [-0.2, -0.15) is 13.9 Å². The number of aromatic nitrogens is 2. The second-order valence-corrected chi connectivity index (χ2v) is 20.5. The summed E-state index contributed by atoms with van der Waals surface area (Å²) in [5.74, 6) is -2.22. The number of benzene rings is 3. The molecule has 0 spiro atoms. The van der Waals surface area contributed by atoms with Crippen LogP contribution in [-0.2, 0) is 20.8 Å². The molecule has 72 heavy (non-hydrogen) atoms. The van der Waals surface area contributed by atoms with Crippen molar-refractivity contribution < 1.29 is 37.1 Å². The van der Waals surface area contributed by atoms with Crippen LogP contribution in [0.3, 0.4) is 0 Å². The lowest BCUT2D eigenvalue weighted by Gasteiger charge is -2.41. The molecule has 0 radical (unpaired) electrons. The Labute approximate surface area is 418 Å². The number of likely N-dealkylation sites (tertiary alicyclic amines) is 2. The first-order valence-corrected chi connectivity index (χ1v) is 25.9. The first-order chi connectivity index (χ1) is 34.9. The quantitative estimate of drug-likeness (QED) is 0.185. The number of nitrogens with one attached hydrogen (secondary N) is 2. The standard InChI is InChI=1S/C54H66F3N9O6/c55-45-16-15-37(31-46-42-13-4-5-14-43(42)51(69)60-59-46)30-44(45)52(70)64-28-26-63(27-29-64)47(67)35-61-20-17-36(18-21-61)33-62-22-24-65(25-23-62)53(71)48(38-8-2-1-3-9-38)58-50(68)40-11-6-10-39(32-40)41-12-7-19-66(34-41)54(72)49(56)57/h4-6,10-11,13-16,30,32,36,38,41,48-49H,1-3,7-9,12,17-29,31,33-35H2,(H,58,68)(H,60,69)/t41?,48-/m1/s1. The highest BCUT2D eigenvalue weighted by atomic mass is 19.3. The van der Waals surface area contributed by atoms with Gasteiger partial charge in [0.05, 0.1) is 23.2 Å². The van der Waals surface area contributed by atoms with Crippen molar-refractivity contribution in [3.63, 3.8) is 0 Å². The minimum atomic E-state index is -3.05. The van der Waals surface area contributed by atoms with E-state index in [1.54, 1.807) is 52.3 Å². The normalized spacial score (nSPS) is 20.5. The van der Waals surface area contributed by atoms with Crippen molar-refractivity contribution >= 4 is 40.3 Å². The average molecular weight is 994 g/mol. The molecule has 1 saturated carbocycles. The van der Waals surface area contributed by atoms with Gasteiger partial charge in [-0.15, -0.1) is 0 Å². The number of halogens is 3. The molecule has 5 fully saturated rings. The van der Waals surface area contributed by atoms with Crippen molar-refractivity contribution in [1.82, 2.24) is 44.9 Å². The van der Waals surface area contributed by atoms with Crippen LogP contribution in [0.2, 0.25) is 0 Å². The predicted octanol–water partition coefficient (Wildman–Crippen LogP) is 5.14. The second kappa shape index (κ2) is 23.2. The number of carbonyl (C=O) groups excluding carboxylic acids is 5. The minimum absolute atomic E-state index is 0.0191. The SMILES string of the molecule is O=C(N[C@@H](C(=O)N1CCN(CC2CCN(CC(=O)N3CCN(C(=O)c4cc(Cc5n[nH]c(=O)c6ccccc56)ccc4F)CC3)CC2)CC1)C1CCCCC1)c1cccc(C2CCCN(C(=O)C(F)F)C2)c1. The van der Waals surface area contributed by atoms with E-state index in [9.17, 15) is 37.5 Å². The first kappa shape index (κ1) is 50.8. The summed E-state index contributed by atoms with van der Waals surface area (Å²) in [6.45, 7) is 7.25. The van der Waals surface area contributed by atoms with Gasteiger partial charge in [-0.05, 0) is 105 Å². The summed E-state index contributed by atoms with van der Waals surface area (Å²) in [6.07, 6.45) is 5.35. The number of fused-ring (bicyclic) bond motifs is 1. The van der Waals surface area contributed by atoms with E-state index in [0.717, 1.165) is 89.7 Å². The molecule has 3 aromatic carbocycles. The van der Waals surface area contributed by atoms with E-state index in [4.69, 9.17) is 0 Å². The molecule has 2 N–H and O–H groups in total. The Morgan fingerprint density at radius 2 is 1.39 bits per heavy atom. The van der Waals surface area contributed by atoms with E-state index in [2.05, 4.69) is 25.3 Å². The molecule has 384 valence electrons. The van der Waals surface area contributed by atoms with Gasteiger partial charge < -0.3 is 24.9 Å². The molecule has 1 aliphatic carbocycles. The van der Waals surface area contributed by atoms with Gasteiger partial charge in [0.15, 0.2) is 0 Å². The Balaban J connectivity index is 0.708. The molecule has 4 aliphatic heterocycles. The molecule has 2 atom stereocenters. The summed E-state index contributed by atoms with van der Waals surface area (Å²) in [5, 5.41) is 11.1. The summed E-state index contributed by atoms with van der Waals surface area (Å²) in [7, 11) is 0. The third-order valence-corrected chi connectivity index (χ3v) is 15.8. The summed E-state index contributed by atoms with van der Waals surface area (Å²) in [6, 6.07) is 18.1. The zero-order valence-corrected chi connectivity index (χ0v) is 40.9. The number of amides is 5. The fraction of sp³-hybridized carbons (Fsp3) is 0.537. The summed E-state index contributed by atoms with van der Waals surface area (Å²) < 4.78 is 41.5. The highest BCUT2D eigenvalue weighted by Crippen LogP contribution is 2.31. The van der Waals surface area contributed by atoms with Crippen LogP contribution in [0, 0.1) is 17.7 Å². The van der Waals surface area contributed by atoms with Crippen molar-refractivity contribution in [3.8, 4) is 0 Å². The molecule has 18 heteroatoms. The number of piperazine rings is 2. The van der Waals surface area contributed by atoms with Crippen molar-refractivity contribution in [2.24, 2.45) is 11.8 Å². The number of aromatic amines is 1. The number of rotatable bonds is 13. The number of hydrogen-bond acceptors (Lipinski definition) is 9. The molecule has 5 aliphatic rings. The van der Waals surface area contributed by atoms with Crippen LogP contribution in [0.25, 0.3) is 10.8 Å². The van der Waals surface area contributed by atoms with Gasteiger partial charge in [0.1, 0.15) is 11.9 Å². The summed E-state index contributed by atoms with van der Waals surface area (Å²) >= 11 is 0. The zero-order valence-electron chi connectivity index (χ0n) is 40.9. The number of piperidine rings is 2. The highest BCUT2D eigenvalue weighted by Gasteiger charge is 2.37. The molecule has 1 aromatic heterocycles. The van der Waals surface area contributed by atoms with Crippen molar-refractivity contribution in [2.45, 2.75) is 82.6 Å². The van der Waals surface area contributed by atoms with E-state index in [1.807, 2.05) is 23.1 Å². The van der Waals surface area contributed by atoms with Crippen molar-refractivity contribution in [2.75, 3.05) is 91.6 Å². The third-order valence-electron chi connectivity index (χ3n) is 15.8. The van der Waals surface area contributed by atoms with Crippen LogP contribution < -0.4 is 10.9 Å². The van der Waals surface area contributed by atoms with E-state index in [1.165, 1.54) is 11.0 Å². The smallest absolute Gasteiger partial charge is 0.315 e. The van der Waals surface area contributed by atoms with Crippen LogP contribution in [0.1, 0.15) is 101 Å². The molecule has 4 saturated heterocycles. The minimum Gasteiger partial charge on any atom is -0.340 e. The van der Waals surface area contributed by atoms with Gasteiger partial charge in [-0.1, -0.05) is 55.7 Å². The molecule has 4 aromatic rings. The molecular weight excluding hydrogens is 928 g/mol. The highest BCUT2D eigenvalue weighted by molar-refractivity contribution is 5.98. The fourth-order valence-electron chi connectivity index (χ4n) is 11.6. The summed E-state index contributed by atoms with van der Waals surface area (Å²) in [4.78, 5) is 90.7. The Kier molecular flexibility index (Phi) is 16.3. The lowest BCUT2D eigenvalue weighted by atomic mass is 9.83. The molecule has 1 unspecified atom stereocenters. The van der Waals surface area contributed by atoms with E-state index in [-0.39, 0.29) is 47.2 Å². The molecule has 15 nitrogen and oxygen atoms in total. The molecule has 5 amide bonds. The van der Waals surface area contributed by atoms with Crippen LogP contribution in [0.5, 0.6) is 0 Å². The maximum Gasteiger partial charge on any atom is 0.315 e. The van der Waals surface area contributed by atoms with Gasteiger partial charge in [-0.25, -0.2) is 9.49 Å². The van der Waals surface area contributed by atoms with Crippen molar-refractivity contribution in [1.29, 1.82) is 0 Å². The largest absolute Gasteiger partial charge is 0.340 e. The van der Waals surface area contributed by atoms with Gasteiger partial charge in [0.2, 0.25) is 11.8 Å². The van der Waals surface area contributed by atoms with E-state index >= 15 is 4.39 Å². The Bertz CT molecular complexity index is 2660. The molecule has 9 rings (SSSR count). The molecule has 5 heterocycles. The summed E-state index contributed by atoms with van der Waals surface area (Å²) in [5.41, 5.74) is 2.21. The Morgan fingerprint density at radius 1 is 0.681 bits per heavy atom. The topological polar surface area (TPSA) is 163 Å². The maximum atomic E-state index is 15.1. The van der Waals surface area contributed by atoms with Crippen LogP contribution in [0.15, 0.2) is 71.5 Å².